The molecular formula is C15H15BrClN. The first-order chi connectivity index (χ1) is 8.56. The summed E-state index contributed by atoms with van der Waals surface area (Å²) in [7, 11) is 0. The lowest BCUT2D eigenvalue weighted by molar-refractivity contribution is 1.13. The van der Waals surface area contributed by atoms with Crippen molar-refractivity contribution in [1.82, 2.24) is 0 Å². The molecule has 0 bridgehead atoms. The van der Waals surface area contributed by atoms with Crippen molar-refractivity contribution < 1.29 is 0 Å². The van der Waals surface area contributed by atoms with Gasteiger partial charge in [-0.15, -0.1) is 0 Å². The van der Waals surface area contributed by atoms with E-state index in [0.29, 0.717) is 0 Å². The lowest BCUT2D eigenvalue weighted by Crippen LogP contribution is -2.01. The molecule has 0 saturated carbocycles. The molecule has 0 aliphatic heterocycles. The highest BCUT2D eigenvalue weighted by atomic mass is 79.9. The third-order valence-corrected chi connectivity index (χ3v) is 4.07. The van der Waals surface area contributed by atoms with Crippen molar-refractivity contribution in [1.29, 1.82) is 0 Å². The minimum Gasteiger partial charge on any atom is -0.381 e. The molecule has 0 spiro atoms. The minimum absolute atomic E-state index is 0.741. The van der Waals surface area contributed by atoms with E-state index in [9.17, 15) is 0 Å². The van der Waals surface area contributed by atoms with E-state index in [-0.39, 0.29) is 0 Å². The van der Waals surface area contributed by atoms with Gasteiger partial charge in [-0.3, -0.25) is 0 Å². The van der Waals surface area contributed by atoms with Crippen LogP contribution < -0.4 is 5.32 Å². The molecule has 1 N–H and O–H groups in total. The van der Waals surface area contributed by atoms with Crippen molar-refractivity contribution in [2.45, 2.75) is 20.4 Å². The lowest BCUT2D eigenvalue weighted by Gasteiger charge is -2.11. The standard InChI is InChI=1S/C15H15BrClN/c1-10-3-4-11(2)15(7-10)18-9-12-5-6-14(17)13(16)8-12/h3-8,18H,9H2,1-2H3. The van der Waals surface area contributed by atoms with Crippen LogP contribution in [0.5, 0.6) is 0 Å². The van der Waals surface area contributed by atoms with E-state index in [0.717, 1.165) is 16.0 Å². The average Bonchev–Trinajstić information content (AvgIpc) is 2.34. The largest absolute Gasteiger partial charge is 0.381 e. The molecule has 18 heavy (non-hydrogen) atoms. The number of rotatable bonds is 3. The number of benzene rings is 2. The van der Waals surface area contributed by atoms with Crippen LogP contribution in [0.1, 0.15) is 16.7 Å². The lowest BCUT2D eigenvalue weighted by atomic mass is 10.1. The zero-order valence-corrected chi connectivity index (χ0v) is 12.8. The number of anilines is 1. The summed E-state index contributed by atoms with van der Waals surface area (Å²) in [4.78, 5) is 0. The van der Waals surface area contributed by atoms with E-state index in [1.54, 1.807) is 0 Å². The Morgan fingerprint density at radius 3 is 2.61 bits per heavy atom. The molecule has 0 atom stereocenters. The quantitative estimate of drug-likeness (QED) is 0.804. The van der Waals surface area contributed by atoms with Crippen LogP contribution in [0.3, 0.4) is 0 Å². The first kappa shape index (κ1) is 13.4. The van der Waals surface area contributed by atoms with E-state index in [2.05, 4.69) is 53.3 Å². The van der Waals surface area contributed by atoms with Crippen molar-refractivity contribution >= 4 is 33.2 Å². The third-order valence-electron chi connectivity index (χ3n) is 2.86. The second-order valence-corrected chi connectivity index (χ2v) is 5.68. The van der Waals surface area contributed by atoms with E-state index in [4.69, 9.17) is 11.6 Å². The molecule has 0 fully saturated rings. The van der Waals surface area contributed by atoms with Gasteiger partial charge in [0, 0.05) is 16.7 Å². The molecule has 0 heterocycles. The fourth-order valence-corrected chi connectivity index (χ4v) is 2.32. The van der Waals surface area contributed by atoms with Gasteiger partial charge in [-0.2, -0.15) is 0 Å². The Bertz CT molecular complexity index is 566. The minimum atomic E-state index is 0.741. The topological polar surface area (TPSA) is 12.0 Å². The highest BCUT2D eigenvalue weighted by Gasteiger charge is 2.01. The van der Waals surface area contributed by atoms with E-state index in [1.807, 2.05) is 18.2 Å². The van der Waals surface area contributed by atoms with Crippen molar-refractivity contribution in [3.8, 4) is 0 Å². The van der Waals surface area contributed by atoms with Gasteiger partial charge in [0.1, 0.15) is 0 Å². The van der Waals surface area contributed by atoms with Crippen LogP contribution in [0.2, 0.25) is 5.02 Å². The maximum Gasteiger partial charge on any atom is 0.0548 e. The summed E-state index contributed by atoms with van der Waals surface area (Å²) in [6, 6.07) is 12.4. The molecule has 0 saturated heterocycles. The zero-order valence-electron chi connectivity index (χ0n) is 10.4. The van der Waals surface area contributed by atoms with Gasteiger partial charge in [-0.25, -0.2) is 0 Å². The number of aryl methyl sites for hydroxylation is 2. The van der Waals surface area contributed by atoms with Gasteiger partial charge in [0.25, 0.3) is 0 Å². The Morgan fingerprint density at radius 2 is 1.89 bits per heavy atom. The molecule has 0 unspecified atom stereocenters. The van der Waals surface area contributed by atoms with Crippen LogP contribution in [0.15, 0.2) is 40.9 Å². The molecule has 2 aromatic carbocycles. The second-order valence-electron chi connectivity index (χ2n) is 4.42. The summed E-state index contributed by atoms with van der Waals surface area (Å²) >= 11 is 9.42. The van der Waals surface area contributed by atoms with E-state index in [1.165, 1.54) is 22.4 Å². The maximum atomic E-state index is 5.98. The van der Waals surface area contributed by atoms with Gasteiger partial charge in [0.2, 0.25) is 0 Å². The molecule has 2 aromatic rings. The number of hydrogen-bond donors (Lipinski definition) is 1. The Balaban J connectivity index is 2.11. The van der Waals surface area contributed by atoms with Gasteiger partial charge in [-0.05, 0) is 64.7 Å². The normalized spacial score (nSPS) is 10.4. The highest BCUT2D eigenvalue weighted by Crippen LogP contribution is 2.24. The molecular weight excluding hydrogens is 310 g/mol. The average molecular weight is 325 g/mol. The number of nitrogens with one attached hydrogen (secondary N) is 1. The van der Waals surface area contributed by atoms with Gasteiger partial charge in [-0.1, -0.05) is 29.8 Å². The Kier molecular flexibility index (Phi) is 4.31. The Hall–Kier alpha value is -0.990. The van der Waals surface area contributed by atoms with Crippen LogP contribution in [-0.2, 0) is 6.54 Å². The molecule has 3 heteroatoms. The summed E-state index contributed by atoms with van der Waals surface area (Å²) in [6.07, 6.45) is 0. The number of hydrogen-bond acceptors (Lipinski definition) is 1. The monoisotopic (exact) mass is 323 g/mol. The number of halogens is 2. The predicted octanol–water partition coefficient (Wildman–Crippen LogP) is 5.33. The Labute approximate surface area is 121 Å². The maximum absolute atomic E-state index is 5.98. The molecule has 0 aliphatic rings. The molecule has 0 aliphatic carbocycles. The van der Waals surface area contributed by atoms with E-state index < -0.39 is 0 Å². The van der Waals surface area contributed by atoms with Crippen LogP contribution in [0.25, 0.3) is 0 Å². The Morgan fingerprint density at radius 1 is 1.11 bits per heavy atom. The summed E-state index contributed by atoms with van der Waals surface area (Å²) in [6.45, 7) is 5.00. The molecule has 0 amide bonds. The van der Waals surface area contributed by atoms with E-state index >= 15 is 0 Å². The van der Waals surface area contributed by atoms with Crippen LogP contribution in [0, 0.1) is 13.8 Å². The highest BCUT2D eigenvalue weighted by molar-refractivity contribution is 9.10. The summed E-state index contributed by atoms with van der Waals surface area (Å²) in [5, 5.41) is 4.19. The predicted molar refractivity (Wildman–Crippen MR) is 82.4 cm³/mol. The fraction of sp³-hybridized carbons (Fsp3) is 0.200. The van der Waals surface area contributed by atoms with Crippen LogP contribution in [0.4, 0.5) is 5.69 Å². The van der Waals surface area contributed by atoms with Crippen LogP contribution >= 0.6 is 27.5 Å². The van der Waals surface area contributed by atoms with Crippen molar-refractivity contribution in [2.75, 3.05) is 5.32 Å². The summed E-state index contributed by atoms with van der Waals surface area (Å²) in [5.74, 6) is 0. The zero-order chi connectivity index (χ0) is 13.1. The summed E-state index contributed by atoms with van der Waals surface area (Å²) in [5.41, 5.74) is 4.90. The van der Waals surface area contributed by atoms with Crippen molar-refractivity contribution in [2.24, 2.45) is 0 Å². The first-order valence-electron chi connectivity index (χ1n) is 5.81. The van der Waals surface area contributed by atoms with Crippen LogP contribution in [-0.4, -0.2) is 0 Å². The third kappa shape index (κ3) is 3.27. The molecule has 1 nitrogen and oxygen atoms in total. The molecule has 0 aromatic heterocycles. The molecule has 94 valence electrons. The second kappa shape index (κ2) is 5.77. The van der Waals surface area contributed by atoms with Gasteiger partial charge in [0.15, 0.2) is 0 Å². The van der Waals surface area contributed by atoms with Crippen molar-refractivity contribution in [3.63, 3.8) is 0 Å². The van der Waals surface area contributed by atoms with Crippen molar-refractivity contribution in [3.05, 3.63) is 62.6 Å². The first-order valence-corrected chi connectivity index (χ1v) is 6.98. The fourth-order valence-electron chi connectivity index (χ4n) is 1.77. The van der Waals surface area contributed by atoms with Gasteiger partial charge in [0.05, 0.1) is 5.02 Å². The van der Waals surface area contributed by atoms with Gasteiger partial charge < -0.3 is 5.32 Å². The smallest absolute Gasteiger partial charge is 0.0548 e. The SMILES string of the molecule is Cc1ccc(C)c(NCc2ccc(Cl)c(Br)c2)c1. The molecule has 2 rings (SSSR count). The molecule has 0 radical (unpaired) electrons. The van der Waals surface area contributed by atoms with Gasteiger partial charge >= 0.3 is 0 Å². The summed E-state index contributed by atoms with van der Waals surface area (Å²) < 4.78 is 0.935.